The summed E-state index contributed by atoms with van der Waals surface area (Å²) < 4.78 is 7.49. The maximum Gasteiger partial charge on any atom is 0.271 e. The van der Waals surface area contributed by atoms with Gasteiger partial charge in [0, 0.05) is 36.9 Å². The van der Waals surface area contributed by atoms with Crippen molar-refractivity contribution in [3.63, 3.8) is 0 Å². The number of nitrogens with one attached hydrogen (secondary N) is 1. The summed E-state index contributed by atoms with van der Waals surface area (Å²) in [7, 11) is 1.85. The Morgan fingerprint density at radius 1 is 1.24 bits per heavy atom. The van der Waals surface area contributed by atoms with Crippen LogP contribution < -0.4 is 10.1 Å². The molecule has 0 aliphatic carbocycles. The lowest BCUT2D eigenvalue weighted by Gasteiger charge is -2.08. The summed E-state index contributed by atoms with van der Waals surface area (Å²) in [6.07, 6.45) is 5.34. The van der Waals surface area contributed by atoms with Crippen LogP contribution in [0.15, 0.2) is 66.4 Å². The molecule has 29 heavy (non-hydrogen) atoms. The van der Waals surface area contributed by atoms with E-state index in [1.165, 1.54) is 11.3 Å². The standard InChI is InChI=1S/C21H19N5O2S/c1-26-12-16(11-24-26)21-25-19(14-29-21)20(27)23-10-15-5-4-7-18(9-15)28-13-17-6-2-3-8-22-17/h2-9,11-12,14H,10,13H2,1H3,(H,23,27). The predicted octanol–water partition coefficient (Wildman–Crippen LogP) is 3.45. The third kappa shape index (κ3) is 4.85. The Morgan fingerprint density at radius 3 is 2.97 bits per heavy atom. The lowest BCUT2D eigenvalue weighted by molar-refractivity contribution is 0.0946. The van der Waals surface area contributed by atoms with Crippen LogP contribution in [0.5, 0.6) is 5.75 Å². The maximum atomic E-state index is 12.4. The van der Waals surface area contributed by atoms with Crippen molar-refractivity contribution >= 4 is 17.2 Å². The Kier molecular flexibility index (Phi) is 5.62. The number of aryl methyl sites for hydroxylation is 1. The smallest absolute Gasteiger partial charge is 0.271 e. The molecule has 0 aliphatic rings. The van der Waals surface area contributed by atoms with Gasteiger partial charge in [0.2, 0.25) is 0 Å². The number of carbonyl (C=O) groups is 1. The van der Waals surface area contributed by atoms with Crippen molar-refractivity contribution in [2.24, 2.45) is 7.05 Å². The van der Waals surface area contributed by atoms with Gasteiger partial charge >= 0.3 is 0 Å². The van der Waals surface area contributed by atoms with Crippen molar-refractivity contribution in [3.8, 4) is 16.3 Å². The fourth-order valence-electron chi connectivity index (χ4n) is 2.70. The molecule has 0 unspecified atom stereocenters. The number of thiazole rings is 1. The molecule has 0 radical (unpaired) electrons. The van der Waals surface area contributed by atoms with Crippen molar-refractivity contribution in [1.82, 2.24) is 25.1 Å². The SMILES string of the molecule is Cn1cc(-c2nc(C(=O)NCc3cccc(OCc4ccccn4)c3)cs2)cn1. The van der Waals surface area contributed by atoms with Crippen LogP contribution >= 0.6 is 11.3 Å². The maximum absolute atomic E-state index is 12.4. The third-order valence-electron chi connectivity index (χ3n) is 4.15. The quantitative estimate of drug-likeness (QED) is 0.509. The number of hydrogen-bond acceptors (Lipinski definition) is 6. The van der Waals surface area contributed by atoms with Crippen LogP contribution in [0.25, 0.3) is 10.6 Å². The van der Waals surface area contributed by atoms with Gasteiger partial charge < -0.3 is 10.1 Å². The van der Waals surface area contributed by atoms with Crippen molar-refractivity contribution in [2.45, 2.75) is 13.2 Å². The number of hydrogen-bond donors (Lipinski definition) is 1. The zero-order chi connectivity index (χ0) is 20.1. The highest BCUT2D eigenvalue weighted by Gasteiger charge is 2.12. The van der Waals surface area contributed by atoms with E-state index in [9.17, 15) is 4.79 Å². The van der Waals surface area contributed by atoms with Crippen LogP contribution in [0.3, 0.4) is 0 Å². The monoisotopic (exact) mass is 405 g/mol. The van der Waals surface area contributed by atoms with Gasteiger partial charge in [-0.3, -0.25) is 14.5 Å². The van der Waals surface area contributed by atoms with Crippen molar-refractivity contribution in [1.29, 1.82) is 0 Å². The summed E-state index contributed by atoms with van der Waals surface area (Å²) in [6, 6.07) is 13.3. The summed E-state index contributed by atoms with van der Waals surface area (Å²) >= 11 is 1.42. The minimum atomic E-state index is -0.212. The Bertz CT molecular complexity index is 1110. The summed E-state index contributed by atoms with van der Waals surface area (Å²) in [5, 5.41) is 9.56. The van der Waals surface area contributed by atoms with E-state index < -0.39 is 0 Å². The summed E-state index contributed by atoms with van der Waals surface area (Å²) in [4.78, 5) is 21.1. The molecule has 0 fully saturated rings. The fraction of sp³-hybridized carbons (Fsp3) is 0.143. The van der Waals surface area contributed by atoms with E-state index in [0.717, 1.165) is 27.6 Å². The number of aromatic nitrogens is 4. The van der Waals surface area contributed by atoms with Crippen LogP contribution in [-0.2, 0) is 20.2 Å². The van der Waals surface area contributed by atoms with Crippen molar-refractivity contribution in [2.75, 3.05) is 0 Å². The van der Waals surface area contributed by atoms with E-state index in [0.29, 0.717) is 18.8 Å². The molecule has 8 heteroatoms. The third-order valence-corrected chi connectivity index (χ3v) is 5.04. The highest BCUT2D eigenvalue weighted by atomic mass is 32.1. The highest BCUT2D eigenvalue weighted by Crippen LogP contribution is 2.23. The van der Waals surface area contributed by atoms with Gasteiger partial charge in [-0.05, 0) is 29.8 Å². The van der Waals surface area contributed by atoms with Crippen LogP contribution in [0, 0.1) is 0 Å². The first-order valence-electron chi connectivity index (χ1n) is 9.02. The van der Waals surface area contributed by atoms with Crippen molar-refractivity contribution in [3.05, 3.63) is 83.4 Å². The highest BCUT2D eigenvalue weighted by molar-refractivity contribution is 7.13. The molecular weight excluding hydrogens is 386 g/mol. The normalized spacial score (nSPS) is 10.7. The largest absolute Gasteiger partial charge is 0.487 e. The van der Waals surface area contributed by atoms with Gasteiger partial charge in [0.25, 0.3) is 5.91 Å². The molecule has 7 nitrogen and oxygen atoms in total. The molecule has 3 aromatic heterocycles. The molecule has 1 N–H and O–H groups in total. The number of pyridine rings is 1. The molecule has 0 saturated carbocycles. The minimum absolute atomic E-state index is 0.212. The van der Waals surface area contributed by atoms with Crippen LogP contribution in [0.2, 0.25) is 0 Å². The number of nitrogens with zero attached hydrogens (tertiary/aromatic N) is 4. The zero-order valence-electron chi connectivity index (χ0n) is 15.8. The van der Waals surface area contributed by atoms with E-state index in [1.807, 2.05) is 55.7 Å². The molecule has 1 aromatic carbocycles. The van der Waals surface area contributed by atoms with Gasteiger partial charge in [-0.1, -0.05) is 18.2 Å². The van der Waals surface area contributed by atoms with Gasteiger partial charge in [0.1, 0.15) is 23.1 Å². The van der Waals surface area contributed by atoms with E-state index in [1.54, 1.807) is 22.5 Å². The molecule has 3 heterocycles. The Labute approximate surface area is 172 Å². The molecular formula is C21H19N5O2S. The molecule has 1 amide bonds. The number of rotatable bonds is 7. The topological polar surface area (TPSA) is 81.9 Å². The van der Waals surface area contributed by atoms with Crippen LogP contribution in [0.4, 0.5) is 0 Å². The summed E-state index contributed by atoms with van der Waals surface area (Å²) in [5.74, 6) is 0.520. The molecule has 0 saturated heterocycles. The van der Waals surface area contributed by atoms with E-state index >= 15 is 0 Å². The van der Waals surface area contributed by atoms with Crippen LogP contribution in [0.1, 0.15) is 21.7 Å². The second kappa shape index (κ2) is 8.66. The Balaban J connectivity index is 1.34. The average Bonchev–Trinajstić information content (AvgIpc) is 3.41. The van der Waals surface area contributed by atoms with E-state index in [-0.39, 0.29) is 5.91 Å². The van der Waals surface area contributed by atoms with Gasteiger partial charge in [0.15, 0.2) is 0 Å². The number of amides is 1. The predicted molar refractivity (Wildman–Crippen MR) is 110 cm³/mol. The first-order chi connectivity index (χ1) is 14.2. The second-order valence-electron chi connectivity index (χ2n) is 6.38. The lowest BCUT2D eigenvalue weighted by Crippen LogP contribution is -2.23. The molecule has 4 aromatic rings. The Hall–Kier alpha value is -3.52. The van der Waals surface area contributed by atoms with Crippen molar-refractivity contribution < 1.29 is 9.53 Å². The number of carbonyl (C=O) groups excluding carboxylic acids is 1. The van der Waals surface area contributed by atoms with Gasteiger partial charge in [-0.15, -0.1) is 11.3 Å². The fourth-order valence-corrected chi connectivity index (χ4v) is 3.48. The number of benzene rings is 1. The molecule has 146 valence electrons. The molecule has 0 aliphatic heterocycles. The summed E-state index contributed by atoms with van der Waals surface area (Å²) in [5.41, 5.74) is 3.10. The van der Waals surface area contributed by atoms with E-state index in [2.05, 4.69) is 20.4 Å². The molecule has 0 spiro atoms. The first kappa shape index (κ1) is 18.8. The first-order valence-corrected chi connectivity index (χ1v) is 9.90. The number of ether oxygens (including phenoxy) is 1. The lowest BCUT2D eigenvalue weighted by atomic mass is 10.2. The van der Waals surface area contributed by atoms with Gasteiger partial charge in [0.05, 0.1) is 11.9 Å². The average molecular weight is 405 g/mol. The van der Waals surface area contributed by atoms with Crippen LogP contribution in [-0.4, -0.2) is 25.7 Å². The molecule has 4 rings (SSSR count). The molecule has 0 atom stereocenters. The van der Waals surface area contributed by atoms with Gasteiger partial charge in [-0.25, -0.2) is 4.98 Å². The Morgan fingerprint density at radius 2 is 2.17 bits per heavy atom. The zero-order valence-corrected chi connectivity index (χ0v) is 16.6. The van der Waals surface area contributed by atoms with Gasteiger partial charge in [-0.2, -0.15) is 5.10 Å². The summed E-state index contributed by atoms with van der Waals surface area (Å²) in [6.45, 7) is 0.784. The molecule has 0 bridgehead atoms. The van der Waals surface area contributed by atoms with E-state index in [4.69, 9.17) is 4.74 Å². The minimum Gasteiger partial charge on any atom is -0.487 e. The second-order valence-corrected chi connectivity index (χ2v) is 7.24.